The normalized spacial score (nSPS) is 16.9. The fourth-order valence-corrected chi connectivity index (χ4v) is 2.50. The number of halogens is 2. The van der Waals surface area contributed by atoms with Crippen molar-refractivity contribution in [2.75, 3.05) is 18.0 Å². The van der Waals surface area contributed by atoms with Crippen molar-refractivity contribution >= 4 is 28.9 Å². The molecule has 1 aliphatic rings. The fraction of sp³-hybridized carbons (Fsp3) is 0.462. The lowest BCUT2D eigenvalue weighted by atomic mass is 9.94. The molecule has 0 N–H and O–H groups in total. The number of nitrogens with zero attached hydrogens (tertiary/aromatic N) is 2. The highest BCUT2D eigenvalue weighted by atomic mass is 35.5. The van der Waals surface area contributed by atoms with Crippen molar-refractivity contribution in [2.45, 2.75) is 19.3 Å². The number of anilines is 1. The standard InChI is InChI=1S/C13H14Cl2N2/c14-12-2-1-11(9-13(12)15)17-7-4-10(3-6-16)5-8-17/h1-2,9-10H,3-5,7-8H2. The van der Waals surface area contributed by atoms with Crippen molar-refractivity contribution in [3.8, 4) is 6.07 Å². The van der Waals surface area contributed by atoms with Gasteiger partial charge in [0.25, 0.3) is 0 Å². The van der Waals surface area contributed by atoms with E-state index in [0.29, 0.717) is 22.4 Å². The summed E-state index contributed by atoms with van der Waals surface area (Å²) >= 11 is 11.9. The van der Waals surface area contributed by atoms with Crippen LogP contribution in [0.5, 0.6) is 0 Å². The Morgan fingerprint density at radius 1 is 1.24 bits per heavy atom. The molecule has 90 valence electrons. The Bertz CT molecular complexity index is 432. The van der Waals surface area contributed by atoms with Crippen LogP contribution in [0.4, 0.5) is 5.69 Å². The van der Waals surface area contributed by atoms with Crippen molar-refractivity contribution < 1.29 is 0 Å². The number of hydrogen-bond acceptors (Lipinski definition) is 2. The molecular formula is C13H14Cl2N2. The summed E-state index contributed by atoms with van der Waals surface area (Å²) in [6.07, 6.45) is 2.83. The van der Waals surface area contributed by atoms with Gasteiger partial charge in [-0.25, -0.2) is 0 Å². The minimum absolute atomic E-state index is 0.555. The van der Waals surface area contributed by atoms with E-state index in [1.54, 1.807) is 0 Å². The highest BCUT2D eigenvalue weighted by Gasteiger charge is 2.19. The summed E-state index contributed by atoms with van der Waals surface area (Å²) in [6, 6.07) is 8.00. The molecule has 0 unspecified atom stereocenters. The van der Waals surface area contributed by atoms with Crippen molar-refractivity contribution in [3.05, 3.63) is 28.2 Å². The number of nitriles is 1. The number of hydrogen-bond donors (Lipinski definition) is 0. The highest BCUT2D eigenvalue weighted by molar-refractivity contribution is 6.42. The lowest BCUT2D eigenvalue weighted by molar-refractivity contribution is 0.413. The lowest BCUT2D eigenvalue weighted by Crippen LogP contribution is -2.33. The zero-order valence-corrected chi connectivity index (χ0v) is 11.0. The molecule has 0 bridgehead atoms. The van der Waals surface area contributed by atoms with Crippen LogP contribution in [0.25, 0.3) is 0 Å². The SMILES string of the molecule is N#CCC1CCN(c2ccc(Cl)c(Cl)c2)CC1. The maximum Gasteiger partial charge on any atom is 0.0624 e. The van der Waals surface area contributed by atoms with Gasteiger partial charge in [0, 0.05) is 25.2 Å². The van der Waals surface area contributed by atoms with Crippen LogP contribution < -0.4 is 4.90 Å². The molecule has 0 aromatic heterocycles. The third kappa shape index (κ3) is 3.06. The van der Waals surface area contributed by atoms with Crippen LogP contribution in [0.3, 0.4) is 0 Å². The molecule has 0 spiro atoms. The van der Waals surface area contributed by atoms with Crippen LogP contribution in [-0.4, -0.2) is 13.1 Å². The molecular weight excluding hydrogens is 255 g/mol. The third-order valence-electron chi connectivity index (χ3n) is 3.26. The largest absolute Gasteiger partial charge is 0.371 e. The predicted octanol–water partition coefficient (Wildman–Crippen LogP) is 4.12. The zero-order chi connectivity index (χ0) is 12.3. The van der Waals surface area contributed by atoms with Crippen molar-refractivity contribution in [3.63, 3.8) is 0 Å². The van der Waals surface area contributed by atoms with Crippen LogP contribution in [0.1, 0.15) is 19.3 Å². The van der Waals surface area contributed by atoms with Crippen molar-refractivity contribution in [1.82, 2.24) is 0 Å². The Morgan fingerprint density at radius 2 is 1.94 bits per heavy atom. The van der Waals surface area contributed by atoms with Gasteiger partial charge in [-0.15, -0.1) is 0 Å². The Morgan fingerprint density at radius 3 is 2.53 bits per heavy atom. The molecule has 1 aromatic rings. The van der Waals surface area contributed by atoms with Gasteiger partial charge in [0.15, 0.2) is 0 Å². The molecule has 2 nitrogen and oxygen atoms in total. The van der Waals surface area contributed by atoms with E-state index in [2.05, 4.69) is 11.0 Å². The second-order valence-electron chi connectivity index (χ2n) is 4.39. The van der Waals surface area contributed by atoms with Gasteiger partial charge >= 0.3 is 0 Å². The lowest BCUT2D eigenvalue weighted by Gasteiger charge is -2.32. The third-order valence-corrected chi connectivity index (χ3v) is 4.00. The van der Waals surface area contributed by atoms with E-state index in [-0.39, 0.29) is 0 Å². The smallest absolute Gasteiger partial charge is 0.0624 e. The van der Waals surface area contributed by atoms with Gasteiger partial charge in [-0.1, -0.05) is 23.2 Å². The van der Waals surface area contributed by atoms with Gasteiger partial charge in [0.1, 0.15) is 0 Å². The van der Waals surface area contributed by atoms with E-state index < -0.39 is 0 Å². The molecule has 0 aliphatic carbocycles. The van der Waals surface area contributed by atoms with Crippen LogP contribution in [0.15, 0.2) is 18.2 Å². The summed E-state index contributed by atoms with van der Waals surface area (Å²) in [4.78, 5) is 2.30. The van der Waals surface area contributed by atoms with Gasteiger partial charge in [-0.05, 0) is 37.0 Å². The first-order valence-corrected chi connectivity index (χ1v) is 6.53. The first-order valence-electron chi connectivity index (χ1n) is 5.77. The van der Waals surface area contributed by atoms with Crippen LogP contribution in [0.2, 0.25) is 10.0 Å². The maximum atomic E-state index is 8.67. The van der Waals surface area contributed by atoms with E-state index in [1.807, 2.05) is 18.2 Å². The minimum Gasteiger partial charge on any atom is -0.371 e. The summed E-state index contributed by atoms with van der Waals surface area (Å²) in [6.45, 7) is 1.98. The molecule has 1 saturated heterocycles. The van der Waals surface area contributed by atoms with E-state index in [9.17, 15) is 0 Å². The van der Waals surface area contributed by atoms with E-state index in [0.717, 1.165) is 31.6 Å². The van der Waals surface area contributed by atoms with Crippen LogP contribution >= 0.6 is 23.2 Å². The van der Waals surface area contributed by atoms with Crippen molar-refractivity contribution in [2.24, 2.45) is 5.92 Å². The van der Waals surface area contributed by atoms with E-state index in [4.69, 9.17) is 28.5 Å². The topological polar surface area (TPSA) is 27.0 Å². The molecule has 17 heavy (non-hydrogen) atoms. The second-order valence-corrected chi connectivity index (χ2v) is 5.21. The first-order chi connectivity index (χ1) is 8.20. The molecule has 0 atom stereocenters. The minimum atomic E-state index is 0.555. The van der Waals surface area contributed by atoms with Crippen molar-refractivity contribution in [1.29, 1.82) is 5.26 Å². The molecule has 2 rings (SSSR count). The quantitative estimate of drug-likeness (QED) is 0.807. The van der Waals surface area contributed by atoms with Gasteiger partial charge in [-0.3, -0.25) is 0 Å². The molecule has 0 amide bonds. The Hall–Kier alpha value is -0.910. The molecule has 4 heteroatoms. The molecule has 1 fully saturated rings. The van der Waals surface area contributed by atoms with Gasteiger partial charge in [-0.2, -0.15) is 5.26 Å². The summed E-state index contributed by atoms with van der Waals surface area (Å²) in [5, 5.41) is 9.87. The Labute approximate surface area is 112 Å². The molecule has 1 aromatic carbocycles. The van der Waals surface area contributed by atoms with E-state index >= 15 is 0 Å². The van der Waals surface area contributed by atoms with Gasteiger partial charge in [0.05, 0.1) is 16.1 Å². The first kappa shape index (κ1) is 12.5. The average Bonchev–Trinajstić information content (AvgIpc) is 2.34. The van der Waals surface area contributed by atoms with E-state index in [1.165, 1.54) is 0 Å². The molecule has 0 radical (unpaired) electrons. The zero-order valence-electron chi connectivity index (χ0n) is 9.50. The second kappa shape index (κ2) is 5.62. The molecule has 1 aliphatic heterocycles. The Balaban J connectivity index is 2.01. The Kier molecular flexibility index (Phi) is 4.15. The summed E-state index contributed by atoms with van der Waals surface area (Å²) < 4.78 is 0. The summed E-state index contributed by atoms with van der Waals surface area (Å²) in [7, 11) is 0. The summed E-state index contributed by atoms with van der Waals surface area (Å²) in [5.74, 6) is 0.555. The molecule has 0 saturated carbocycles. The van der Waals surface area contributed by atoms with Crippen LogP contribution in [-0.2, 0) is 0 Å². The van der Waals surface area contributed by atoms with Gasteiger partial charge < -0.3 is 4.90 Å². The number of benzene rings is 1. The highest BCUT2D eigenvalue weighted by Crippen LogP contribution is 2.30. The van der Waals surface area contributed by atoms with Crippen LogP contribution in [0, 0.1) is 17.2 Å². The summed E-state index contributed by atoms with van der Waals surface area (Å²) in [5.41, 5.74) is 1.12. The molecule has 1 heterocycles. The average molecular weight is 269 g/mol. The monoisotopic (exact) mass is 268 g/mol. The van der Waals surface area contributed by atoms with Gasteiger partial charge in [0.2, 0.25) is 0 Å². The predicted molar refractivity (Wildman–Crippen MR) is 71.6 cm³/mol. The fourth-order valence-electron chi connectivity index (χ4n) is 2.21. The number of rotatable bonds is 2. The maximum absolute atomic E-state index is 8.67. The number of piperidine rings is 1.